The fourth-order valence-corrected chi connectivity index (χ4v) is 2.35. The summed E-state index contributed by atoms with van der Waals surface area (Å²) < 4.78 is 0. The zero-order valence-corrected chi connectivity index (χ0v) is 13.9. The van der Waals surface area contributed by atoms with Crippen LogP contribution in [0.1, 0.15) is 44.3 Å². The quantitative estimate of drug-likeness (QED) is 0.650. The Morgan fingerprint density at radius 2 is 1.81 bits per heavy atom. The van der Waals surface area contributed by atoms with E-state index >= 15 is 0 Å². The number of nitrogen functional groups attached to an aromatic ring is 1. The van der Waals surface area contributed by atoms with Crippen LogP contribution in [-0.2, 0) is 4.79 Å². The zero-order valence-electron chi connectivity index (χ0n) is 13.0. The Kier molecular flexibility index (Phi) is 4.83. The maximum absolute atomic E-state index is 12.1. The largest absolute Gasteiger partial charge is 0.382 e. The number of anilines is 2. The van der Waals surface area contributed by atoms with Crippen LogP contribution in [0, 0.1) is 5.41 Å². The van der Waals surface area contributed by atoms with Crippen LogP contribution in [0.3, 0.4) is 0 Å². The molecule has 1 rings (SSSR count). The zero-order chi connectivity index (χ0) is 16.4. The monoisotopic (exact) mass is 313 g/mol. The van der Waals surface area contributed by atoms with Crippen molar-refractivity contribution < 1.29 is 9.59 Å². The highest BCUT2D eigenvalue weighted by Gasteiger charge is 2.27. The van der Waals surface area contributed by atoms with Crippen molar-refractivity contribution in [2.75, 3.05) is 17.6 Å². The Morgan fingerprint density at radius 1 is 1.24 bits per heavy atom. The van der Waals surface area contributed by atoms with Crippen LogP contribution in [0.15, 0.2) is 0 Å². The molecule has 1 aromatic heterocycles. The predicted octanol–water partition coefficient (Wildman–Crippen LogP) is 1.18. The van der Waals surface area contributed by atoms with Gasteiger partial charge in [0, 0.05) is 12.1 Å². The van der Waals surface area contributed by atoms with Gasteiger partial charge in [0.05, 0.1) is 5.41 Å². The smallest absolute Gasteiger partial charge is 0.265 e. The lowest BCUT2D eigenvalue weighted by Gasteiger charge is -2.20. The second kappa shape index (κ2) is 5.88. The van der Waals surface area contributed by atoms with E-state index in [0.717, 1.165) is 0 Å². The van der Waals surface area contributed by atoms with Gasteiger partial charge in [-0.3, -0.25) is 9.59 Å². The number of nitrogens with two attached hydrogens (primary N) is 2. The average molecular weight is 313 g/mol. The van der Waals surface area contributed by atoms with Gasteiger partial charge in [-0.2, -0.15) is 0 Å². The summed E-state index contributed by atoms with van der Waals surface area (Å²) in [6.45, 7) is 9.43. The summed E-state index contributed by atoms with van der Waals surface area (Å²) >= 11 is 1.18. The van der Waals surface area contributed by atoms with Crippen LogP contribution in [0.4, 0.5) is 10.9 Å². The maximum atomic E-state index is 12.1. The number of amides is 2. The molecule has 0 radical (unpaired) electrons. The number of primary amides is 1. The van der Waals surface area contributed by atoms with Crippen LogP contribution in [0.5, 0.6) is 0 Å². The molecule has 0 spiro atoms. The van der Waals surface area contributed by atoms with Gasteiger partial charge >= 0.3 is 0 Å². The van der Waals surface area contributed by atoms with Gasteiger partial charge in [0.1, 0.15) is 10.7 Å². The SMILES string of the molecule is CC(C)(C)Nc1nc(N)c(C(=O)NCC(C)(C)C(N)=O)s1. The number of nitrogens with zero attached hydrogens (tertiary/aromatic N) is 1. The molecule has 0 atom stereocenters. The van der Waals surface area contributed by atoms with Crippen molar-refractivity contribution in [2.24, 2.45) is 11.1 Å². The molecule has 0 aliphatic rings. The van der Waals surface area contributed by atoms with Gasteiger partial charge in [0.2, 0.25) is 5.91 Å². The minimum atomic E-state index is -0.818. The van der Waals surface area contributed by atoms with E-state index in [1.165, 1.54) is 11.3 Å². The van der Waals surface area contributed by atoms with Crippen LogP contribution in [0.2, 0.25) is 0 Å². The Balaban J connectivity index is 2.78. The summed E-state index contributed by atoms with van der Waals surface area (Å²) in [6.07, 6.45) is 0. The molecule has 6 N–H and O–H groups in total. The van der Waals surface area contributed by atoms with Crippen molar-refractivity contribution in [1.82, 2.24) is 10.3 Å². The minimum Gasteiger partial charge on any atom is -0.382 e. The average Bonchev–Trinajstić information content (AvgIpc) is 2.64. The molecule has 1 aromatic rings. The standard InChI is InChI=1S/C13H23N5O2S/c1-12(2,3)18-11-17-8(14)7(21-11)9(19)16-6-13(4,5)10(15)20/h6,14H2,1-5H3,(H2,15,20)(H,16,19)(H,17,18). The third kappa shape index (κ3) is 4.89. The lowest BCUT2D eigenvalue weighted by atomic mass is 9.93. The van der Waals surface area contributed by atoms with Crippen molar-refractivity contribution in [1.29, 1.82) is 0 Å². The molecular weight excluding hydrogens is 290 g/mol. The Bertz CT molecular complexity index is 545. The molecule has 0 fully saturated rings. The predicted molar refractivity (Wildman–Crippen MR) is 85.2 cm³/mol. The van der Waals surface area contributed by atoms with E-state index in [1.54, 1.807) is 13.8 Å². The normalized spacial score (nSPS) is 12.0. The van der Waals surface area contributed by atoms with Gasteiger partial charge < -0.3 is 22.1 Å². The third-order valence-corrected chi connectivity index (χ3v) is 3.68. The first-order valence-electron chi connectivity index (χ1n) is 6.55. The topological polar surface area (TPSA) is 123 Å². The van der Waals surface area contributed by atoms with Crippen molar-refractivity contribution >= 4 is 34.1 Å². The van der Waals surface area contributed by atoms with E-state index in [2.05, 4.69) is 15.6 Å². The van der Waals surface area contributed by atoms with Crippen LogP contribution >= 0.6 is 11.3 Å². The lowest BCUT2D eigenvalue weighted by molar-refractivity contribution is -0.125. The first kappa shape index (κ1) is 17.2. The number of thiazole rings is 1. The molecule has 0 aromatic carbocycles. The molecule has 21 heavy (non-hydrogen) atoms. The summed E-state index contributed by atoms with van der Waals surface area (Å²) in [7, 11) is 0. The van der Waals surface area contributed by atoms with Crippen LogP contribution in [0.25, 0.3) is 0 Å². The molecule has 0 saturated carbocycles. The van der Waals surface area contributed by atoms with Crippen molar-refractivity contribution in [2.45, 2.75) is 40.2 Å². The van der Waals surface area contributed by atoms with E-state index in [9.17, 15) is 9.59 Å². The Hall–Kier alpha value is -1.83. The molecule has 0 bridgehead atoms. The highest BCUT2D eigenvalue weighted by Crippen LogP contribution is 2.27. The maximum Gasteiger partial charge on any atom is 0.265 e. The number of hydrogen-bond donors (Lipinski definition) is 4. The van der Waals surface area contributed by atoms with E-state index in [1.807, 2.05) is 20.8 Å². The highest BCUT2D eigenvalue weighted by molar-refractivity contribution is 7.18. The molecule has 7 nitrogen and oxygen atoms in total. The van der Waals surface area contributed by atoms with Crippen LogP contribution < -0.4 is 22.1 Å². The van der Waals surface area contributed by atoms with Crippen molar-refractivity contribution in [3.8, 4) is 0 Å². The minimum absolute atomic E-state index is 0.139. The first-order valence-corrected chi connectivity index (χ1v) is 7.36. The van der Waals surface area contributed by atoms with Gasteiger partial charge in [-0.05, 0) is 34.6 Å². The first-order chi connectivity index (χ1) is 9.42. The van der Waals surface area contributed by atoms with Gasteiger partial charge in [-0.25, -0.2) is 4.98 Å². The number of hydrogen-bond acceptors (Lipinski definition) is 6. The van der Waals surface area contributed by atoms with Crippen LogP contribution in [-0.4, -0.2) is 28.9 Å². The molecule has 0 aliphatic heterocycles. The van der Waals surface area contributed by atoms with E-state index in [0.29, 0.717) is 10.0 Å². The summed E-state index contributed by atoms with van der Waals surface area (Å²) in [5, 5.41) is 6.40. The second-order valence-corrected chi connectivity index (χ2v) is 7.54. The van der Waals surface area contributed by atoms with Crippen molar-refractivity contribution in [3.05, 3.63) is 4.88 Å². The molecule has 0 saturated heterocycles. The molecule has 8 heteroatoms. The summed E-state index contributed by atoms with van der Waals surface area (Å²) in [6, 6.07) is 0. The van der Waals surface area contributed by atoms with Gasteiger partial charge in [0.25, 0.3) is 5.91 Å². The van der Waals surface area contributed by atoms with Crippen molar-refractivity contribution in [3.63, 3.8) is 0 Å². The lowest BCUT2D eigenvalue weighted by Crippen LogP contribution is -2.42. The number of aromatic nitrogens is 1. The van der Waals surface area contributed by atoms with E-state index in [4.69, 9.17) is 11.5 Å². The summed E-state index contributed by atoms with van der Waals surface area (Å²) in [4.78, 5) is 27.8. The van der Waals surface area contributed by atoms with Gasteiger partial charge in [-0.1, -0.05) is 11.3 Å². The summed E-state index contributed by atoms with van der Waals surface area (Å²) in [5.74, 6) is -0.669. The summed E-state index contributed by atoms with van der Waals surface area (Å²) in [5.41, 5.74) is 10.0. The molecular formula is C13H23N5O2S. The second-order valence-electron chi connectivity index (χ2n) is 6.54. The number of carbonyl (C=O) groups is 2. The Morgan fingerprint density at radius 3 is 2.29 bits per heavy atom. The molecule has 0 aliphatic carbocycles. The van der Waals surface area contributed by atoms with E-state index < -0.39 is 11.3 Å². The van der Waals surface area contributed by atoms with E-state index in [-0.39, 0.29) is 23.8 Å². The number of rotatable bonds is 5. The Labute approximate surface area is 128 Å². The molecule has 118 valence electrons. The van der Waals surface area contributed by atoms with Gasteiger partial charge in [0.15, 0.2) is 5.13 Å². The highest BCUT2D eigenvalue weighted by atomic mass is 32.1. The third-order valence-electron chi connectivity index (χ3n) is 2.70. The molecule has 2 amide bonds. The fourth-order valence-electron chi connectivity index (χ4n) is 1.34. The molecule has 1 heterocycles. The van der Waals surface area contributed by atoms with Gasteiger partial charge in [-0.15, -0.1) is 0 Å². The number of carbonyl (C=O) groups excluding carboxylic acids is 2. The molecule has 0 unspecified atom stereocenters. The number of nitrogens with one attached hydrogen (secondary N) is 2. The fraction of sp³-hybridized carbons (Fsp3) is 0.615.